The van der Waals surface area contributed by atoms with Crippen LogP contribution in [-0.2, 0) is 4.79 Å². The fourth-order valence-electron chi connectivity index (χ4n) is 2.38. The molecule has 0 unspecified atom stereocenters. The van der Waals surface area contributed by atoms with Gasteiger partial charge in [-0.25, -0.2) is 15.0 Å². The van der Waals surface area contributed by atoms with Gasteiger partial charge in [-0.3, -0.25) is 4.79 Å². The molecule has 0 aliphatic carbocycles. The number of nitrogens with zero attached hydrogens (tertiary/aromatic N) is 4. The highest BCUT2D eigenvalue weighted by Gasteiger charge is 2.09. The van der Waals surface area contributed by atoms with E-state index in [0.717, 1.165) is 5.69 Å². The van der Waals surface area contributed by atoms with Crippen molar-refractivity contribution in [1.82, 2.24) is 19.9 Å². The zero-order valence-corrected chi connectivity index (χ0v) is 16.8. The number of pyridine rings is 1. The maximum absolute atomic E-state index is 12.0. The molecule has 0 aliphatic rings. The maximum atomic E-state index is 12.0. The van der Waals surface area contributed by atoms with Crippen molar-refractivity contribution >= 4 is 57.3 Å². The van der Waals surface area contributed by atoms with Crippen molar-refractivity contribution in [2.45, 2.75) is 0 Å². The van der Waals surface area contributed by atoms with Crippen LogP contribution in [0.25, 0.3) is 10.9 Å². The number of hydrogen-bond acceptors (Lipinski definition) is 6. The summed E-state index contributed by atoms with van der Waals surface area (Å²) in [5, 5.41) is 7.53. The molecule has 3 rings (SSSR count). The number of carbonyl (C=O) groups excluding carboxylic acids is 1. The van der Waals surface area contributed by atoms with Gasteiger partial charge in [0.1, 0.15) is 18.0 Å². The van der Waals surface area contributed by atoms with E-state index in [2.05, 4.69) is 25.6 Å². The first-order chi connectivity index (χ1) is 13.4. The average Bonchev–Trinajstić information content (AvgIpc) is 2.65. The number of likely N-dealkylation sites (N-methyl/N-ethyl adjacent to an activating group) is 1. The SMILES string of the molecule is CN(C)C/C=C/C(=O)Nc1cc2c(Nc3ccc(Cl)c(Cl)c3)ncnc2cn1. The predicted octanol–water partition coefficient (Wildman–Crippen LogP) is 4.13. The second-order valence-corrected chi connectivity index (χ2v) is 7.03. The lowest BCUT2D eigenvalue weighted by Gasteiger charge is -2.10. The number of nitrogens with one attached hydrogen (secondary N) is 2. The molecule has 0 atom stereocenters. The third-order valence-electron chi connectivity index (χ3n) is 3.70. The molecular weight excluding hydrogens is 399 g/mol. The molecule has 0 saturated heterocycles. The summed E-state index contributed by atoms with van der Waals surface area (Å²) in [5.74, 6) is 0.702. The van der Waals surface area contributed by atoms with Crippen molar-refractivity contribution in [3.63, 3.8) is 0 Å². The van der Waals surface area contributed by atoms with E-state index in [4.69, 9.17) is 23.2 Å². The van der Waals surface area contributed by atoms with Gasteiger partial charge in [0.15, 0.2) is 0 Å². The molecule has 2 N–H and O–H groups in total. The Morgan fingerprint density at radius 2 is 1.96 bits per heavy atom. The highest BCUT2D eigenvalue weighted by molar-refractivity contribution is 6.42. The minimum atomic E-state index is -0.260. The first kappa shape index (κ1) is 20.0. The Morgan fingerprint density at radius 1 is 1.14 bits per heavy atom. The van der Waals surface area contributed by atoms with Crippen LogP contribution >= 0.6 is 23.2 Å². The molecule has 28 heavy (non-hydrogen) atoms. The molecule has 1 aromatic carbocycles. The van der Waals surface area contributed by atoms with Gasteiger partial charge < -0.3 is 15.5 Å². The standard InChI is InChI=1S/C19H18Cl2N6O/c1-27(2)7-3-4-18(28)26-17-9-13-16(10-22-17)23-11-24-19(13)25-12-5-6-14(20)15(21)8-12/h3-6,8-11H,7H2,1-2H3,(H,22,26,28)(H,23,24,25)/b4-3+. The number of rotatable bonds is 6. The first-order valence-electron chi connectivity index (χ1n) is 8.37. The summed E-state index contributed by atoms with van der Waals surface area (Å²) in [4.78, 5) is 26.7. The molecule has 2 aromatic heterocycles. The quantitative estimate of drug-likeness (QED) is 0.587. The Labute approximate surface area is 172 Å². The van der Waals surface area contributed by atoms with Crippen LogP contribution in [-0.4, -0.2) is 46.4 Å². The average molecular weight is 417 g/mol. The number of aromatic nitrogens is 3. The first-order valence-corrected chi connectivity index (χ1v) is 9.13. The van der Waals surface area contributed by atoms with Crippen molar-refractivity contribution < 1.29 is 4.79 Å². The molecule has 0 bridgehead atoms. The molecule has 2 heterocycles. The van der Waals surface area contributed by atoms with Crippen molar-refractivity contribution in [3.05, 3.63) is 59.0 Å². The van der Waals surface area contributed by atoms with Gasteiger partial charge in [-0.05, 0) is 38.4 Å². The van der Waals surface area contributed by atoms with Crippen molar-refractivity contribution in [1.29, 1.82) is 0 Å². The minimum Gasteiger partial charge on any atom is -0.340 e. The summed E-state index contributed by atoms with van der Waals surface area (Å²) in [6.07, 6.45) is 6.27. The van der Waals surface area contributed by atoms with Crippen LogP contribution < -0.4 is 10.6 Å². The van der Waals surface area contributed by atoms with E-state index in [0.29, 0.717) is 39.1 Å². The zero-order valence-electron chi connectivity index (χ0n) is 15.3. The molecule has 0 aliphatic heterocycles. The van der Waals surface area contributed by atoms with Crippen LogP contribution in [0.15, 0.2) is 48.9 Å². The summed E-state index contributed by atoms with van der Waals surface area (Å²) in [6.45, 7) is 0.671. The van der Waals surface area contributed by atoms with E-state index in [9.17, 15) is 4.79 Å². The van der Waals surface area contributed by atoms with Crippen molar-refractivity contribution in [2.75, 3.05) is 31.3 Å². The number of anilines is 3. The van der Waals surface area contributed by atoms with Gasteiger partial charge in [0.05, 0.1) is 21.8 Å². The monoisotopic (exact) mass is 416 g/mol. The van der Waals surface area contributed by atoms with Gasteiger partial charge in [0, 0.05) is 23.7 Å². The van der Waals surface area contributed by atoms with Crippen molar-refractivity contribution in [3.8, 4) is 0 Å². The molecule has 0 fully saturated rings. The number of fused-ring (bicyclic) bond motifs is 1. The summed E-state index contributed by atoms with van der Waals surface area (Å²) < 4.78 is 0. The third-order valence-corrected chi connectivity index (χ3v) is 4.43. The van der Waals surface area contributed by atoms with Gasteiger partial charge >= 0.3 is 0 Å². The molecule has 0 saturated carbocycles. The lowest BCUT2D eigenvalue weighted by Crippen LogP contribution is -2.13. The van der Waals surface area contributed by atoms with Crippen LogP contribution in [0.2, 0.25) is 10.0 Å². The summed E-state index contributed by atoms with van der Waals surface area (Å²) >= 11 is 12.0. The van der Waals surface area contributed by atoms with Gasteiger partial charge in [0.2, 0.25) is 5.91 Å². The predicted molar refractivity (Wildman–Crippen MR) is 113 cm³/mol. The van der Waals surface area contributed by atoms with E-state index < -0.39 is 0 Å². The van der Waals surface area contributed by atoms with Gasteiger partial charge in [0.25, 0.3) is 0 Å². The Kier molecular flexibility index (Phi) is 6.41. The van der Waals surface area contributed by atoms with Crippen LogP contribution in [0, 0.1) is 0 Å². The smallest absolute Gasteiger partial charge is 0.249 e. The number of amides is 1. The topological polar surface area (TPSA) is 83.0 Å². The summed E-state index contributed by atoms with van der Waals surface area (Å²) in [7, 11) is 3.85. The van der Waals surface area contributed by atoms with Gasteiger partial charge in [-0.2, -0.15) is 0 Å². The largest absolute Gasteiger partial charge is 0.340 e. The number of halogens is 2. The van der Waals surface area contributed by atoms with Crippen LogP contribution in [0.1, 0.15) is 0 Å². The van der Waals surface area contributed by atoms with E-state index in [1.807, 2.05) is 19.0 Å². The summed E-state index contributed by atoms with van der Waals surface area (Å²) in [5.41, 5.74) is 1.36. The molecule has 0 radical (unpaired) electrons. The van der Waals surface area contributed by atoms with E-state index in [1.165, 1.54) is 12.4 Å². The van der Waals surface area contributed by atoms with E-state index in [-0.39, 0.29) is 5.91 Å². The van der Waals surface area contributed by atoms with Crippen molar-refractivity contribution in [2.24, 2.45) is 0 Å². The third kappa shape index (κ3) is 5.16. The van der Waals surface area contributed by atoms with E-state index in [1.54, 1.807) is 36.5 Å². The Balaban J connectivity index is 1.84. The molecular formula is C19H18Cl2N6O. The number of benzene rings is 1. The Morgan fingerprint density at radius 3 is 2.71 bits per heavy atom. The maximum Gasteiger partial charge on any atom is 0.249 e. The molecule has 1 amide bonds. The van der Waals surface area contributed by atoms with Gasteiger partial charge in [-0.1, -0.05) is 29.3 Å². The van der Waals surface area contributed by atoms with Crippen LogP contribution in [0.3, 0.4) is 0 Å². The van der Waals surface area contributed by atoms with Crippen LogP contribution in [0.4, 0.5) is 17.3 Å². The minimum absolute atomic E-state index is 0.260. The second kappa shape index (κ2) is 8.97. The van der Waals surface area contributed by atoms with Crippen LogP contribution in [0.5, 0.6) is 0 Å². The Bertz CT molecular complexity index is 1040. The lowest BCUT2D eigenvalue weighted by atomic mass is 10.2. The molecule has 0 spiro atoms. The number of carbonyl (C=O) groups is 1. The summed E-state index contributed by atoms with van der Waals surface area (Å²) in [6, 6.07) is 6.91. The molecule has 9 heteroatoms. The fourth-order valence-corrected chi connectivity index (χ4v) is 2.67. The number of hydrogen-bond donors (Lipinski definition) is 2. The molecule has 3 aromatic rings. The highest BCUT2D eigenvalue weighted by atomic mass is 35.5. The second-order valence-electron chi connectivity index (χ2n) is 6.22. The fraction of sp³-hybridized carbons (Fsp3) is 0.158. The zero-order chi connectivity index (χ0) is 20.1. The molecule has 144 valence electrons. The normalized spacial score (nSPS) is 11.3. The Hall–Kier alpha value is -2.74. The van der Waals surface area contributed by atoms with Gasteiger partial charge in [-0.15, -0.1) is 0 Å². The highest BCUT2D eigenvalue weighted by Crippen LogP contribution is 2.29. The lowest BCUT2D eigenvalue weighted by molar-refractivity contribution is -0.111. The molecule has 7 nitrogen and oxygen atoms in total. The van der Waals surface area contributed by atoms with E-state index >= 15 is 0 Å².